The van der Waals surface area contributed by atoms with Crippen LogP contribution < -0.4 is 15.5 Å². The van der Waals surface area contributed by atoms with E-state index in [4.69, 9.17) is 4.74 Å². The molecule has 0 aliphatic heterocycles. The Hall–Kier alpha value is -3.41. The number of hydrazone groups is 1. The lowest BCUT2D eigenvalue weighted by molar-refractivity contribution is -0.119. The molecule has 0 aliphatic carbocycles. The van der Waals surface area contributed by atoms with E-state index in [1.807, 2.05) is 43.3 Å². The van der Waals surface area contributed by atoms with Gasteiger partial charge < -0.3 is 10.1 Å². The average Bonchev–Trinajstić information content (AvgIpc) is 2.72. The highest BCUT2D eigenvalue weighted by atomic mass is 19.1. The predicted octanol–water partition coefficient (Wildman–Crippen LogP) is 4.33. The fraction of sp³-hybridized carbons (Fsp3) is 0.182. The summed E-state index contributed by atoms with van der Waals surface area (Å²) >= 11 is 0. The number of carbonyl (C=O) groups excluding carboxylic acids is 1. The van der Waals surface area contributed by atoms with E-state index in [1.165, 1.54) is 12.1 Å². The van der Waals surface area contributed by atoms with Gasteiger partial charge >= 0.3 is 0 Å². The van der Waals surface area contributed by atoms with Gasteiger partial charge in [0, 0.05) is 11.3 Å². The first-order chi connectivity index (χ1) is 13.7. The molecule has 0 heterocycles. The van der Waals surface area contributed by atoms with E-state index in [0.717, 1.165) is 28.5 Å². The largest absolute Gasteiger partial charge is 0.493 e. The Morgan fingerprint density at radius 3 is 2.68 bits per heavy atom. The molecule has 2 N–H and O–H groups in total. The number of amides is 1. The van der Waals surface area contributed by atoms with Crippen molar-refractivity contribution in [3.8, 4) is 5.75 Å². The van der Waals surface area contributed by atoms with Crippen molar-refractivity contribution in [2.75, 3.05) is 18.5 Å². The van der Waals surface area contributed by atoms with Crippen molar-refractivity contribution in [1.82, 2.24) is 5.43 Å². The van der Waals surface area contributed by atoms with E-state index in [9.17, 15) is 9.18 Å². The van der Waals surface area contributed by atoms with Crippen LogP contribution in [-0.2, 0) is 4.79 Å². The minimum absolute atomic E-state index is 0.0255. The Bertz CT molecular complexity index is 971. The van der Waals surface area contributed by atoms with Gasteiger partial charge in [-0.3, -0.25) is 4.79 Å². The number of hydrogen-bond acceptors (Lipinski definition) is 4. The first-order valence-electron chi connectivity index (χ1n) is 9.13. The number of nitrogens with zero attached hydrogens (tertiary/aromatic N) is 1. The van der Waals surface area contributed by atoms with Gasteiger partial charge in [0.1, 0.15) is 11.6 Å². The van der Waals surface area contributed by atoms with Crippen LogP contribution in [0.2, 0.25) is 0 Å². The number of fused-ring (bicyclic) bond motifs is 1. The van der Waals surface area contributed by atoms with E-state index in [2.05, 4.69) is 15.8 Å². The molecule has 0 saturated heterocycles. The summed E-state index contributed by atoms with van der Waals surface area (Å²) in [5.74, 6) is 0.0932. The normalized spacial score (nSPS) is 10.9. The third-order valence-corrected chi connectivity index (χ3v) is 4.07. The first-order valence-corrected chi connectivity index (χ1v) is 9.13. The van der Waals surface area contributed by atoms with E-state index in [0.29, 0.717) is 12.3 Å². The summed E-state index contributed by atoms with van der Waals surface area (Å²) in [6.07, 6.45) is 2.50. The summed E-state index contributed by atoms with van der Waals surface area (Å²) in [6, 6.07) is 17.6. The van der Waals surface area contributed by atoms with Crippen LogP contribution in [0.3, 0.4) is 0 Å². The molecule has 0 spiro atoms. The Morgan fingerprint density at radius 2 is 1.89 bits per heavy atom. The minimum atomic E-state index is -0.323. The van der Waals surface area contributed by atoms with Crippen molar-refractivity contribution in [3.05, 3.63) is 72.0 Å². The summed E-state index contributed by atoms with van der Waals surface area (Å²) in [7, 11) is 0. The van der Waals surface area contributed by atoms with Crippen LogP contribution in [0.5, 0.6) is 5.75 Å². The second-order valence-electron chi connectivity index (χ2n) is 6.20. The zero-order valence-corrected chi connectivity index (χ0v) is 15.6. The molecule has 3 rings (SSSR count). The van der Waals surface area contributed by atoms with Gasteiger partial charge in [-0.15, -0.1) is 0 Å². The second-order valence-corrected chi connectivity index (χ2v) is 6.20. The van der Waals surface area contributed by atoms with Crippen molar-refractivity contribution in [1.29, 1.82) is 0 Å². The van der Waals surface area contributed by atoms with Gasteiger partial charge in [-0.2, -0.15) is 5.10 Å². The molecule has 3 aromatic rings. The van der Waals surface area contributed by atoms with Gasteiger partial charge in [0.05, 0.1) is 19.4 Å². The second kappa shape index (κ2) is 9.50. The van der Waals surface area contributed by atoms with Gasteiger partial charge in [-0.1, -0.05) is 37.3 Å². The molecule has 0 atom stereocenters. The molecule has 0 bridgehead atoms. The van der Waals surface area contributed by atoms with Crippen molar-refractivity contribution in [2.45, 2.75) is 13.3 Å². The Balaban J connectivity index is 1.67. The topological polar surface area (TPSA) is 62.7 Å². The molecule has 0 fully saturated rings. The highest BCUT2D eigenvalue weighted by molar-refractivity contribution is 6.02. The van der Waals surface area contributed by atoms with Gasteiger partial charge in [-0.05, 0) is 47.5 Å². The smallest absolute Gasteiger partial charge is 0.259 e. The fourth-order valence-electron chi connectivity index (χ4n) is 2.71. The van der Waals surface area contributed by atoms with Gasteiger partial charge in [0.2, 0.25) is 0 Å². The summed E-state index contributed by atoms with van der Waals surface area (Å²) in [5, 5.41) is 9.06. The summed E-state index contributed by atoms with van der Waals surface area (Å²) in [4.78, 5) is 12.0. The fourth-order valence-corrected chi connectivity index (χ4v) is 2.71. The van der Waals surface area contributed by atoms with Crippen molar-refractivity contribution in [3.63, 3.8) is 0 Å². The maximum atomic E-state index is 12.9. The quantitative estimate of drug-likeness (QED) is 0.452. The van der Waals surface area contributed by atoms with E-state index in [-0.39, 0.29) is 18.3 Å². The summed E-state index contributed by atoms with van der Waals surface area (Å²) < 4.78 is 18.7. The molecular formula is C22H22FN3O2. The lowest BCUT2D eigenvalue weighted by Crippen LogP contribution is -2.25. The Morgan fingerprint density at radius 1 is 1.11 bits per heavy atom. The average molecular weight is 379 g/mol. The molecule has 0 unspecified atom stereocenters. The highest BCUT2D eigenvalue weighted by Gasteiger charge is 2.07. The molecule has 0 radical (unpaired) electrons. The monoisotopic (exact) mass is 379 g/mol. The molecule has 0 aromatic heterocycles. The van der Waals surface area contributed by atoms with Crippen LogP contribution in [0.4, 0.5) is 10.1 Å². The van der Waals surface area contributed by atoms with Gasteiger partial charge in [0.25, 0.3) is 5.91 Å². The first kappa shape index (κ1) is 19.4. The van der Waals surface area contributed by atoms with E-state index in [1.54, 1.807) is 18.3 Å². The minimum Gasteiger partial charge on any atom is -0.493 e. The maximum absolute atomic E-state index is 12.9. The Kier molecular flexibility index (Phi) is 6.57. The molecule has 3 aromatic carbocycles. The van der Waals surface area contributed by atoms with Crippen LogP contribution >= 0.6 is 0 Å². The number of hydrogen-bond donors (Lipinski definition) is 2. The van der Waals surface area contributed by atoms with Crippen molar-refractivity contribution in [2.24, 2.45) is 5.10 Å². The highest BCUT2D eigenvalue weighted by Crippen LogP contribution is 2.26. The van der Waals surface area contributed by atoms with Crippen LogP contribution in [-0.4, -0.2) is 25.3 Å². The SMILES string of the molecule is CCCOc1ccc2ccccc2c1/C=N\NC(=O)CNc1ccc(F)cc1. The van der Waals surface area contributed by atoms with Gasteiger partial charge in [0.15, 0.2) is 0 Å². The molecule has 6 heteroatoms. The lowest BCUT2D eigenvalue weighted by atomic mass is 10.0. The predicted molar refractivity (Wildman–Crippen MR) is 110 cm³/mol. The van der Waals surface area contributed by atoms with Crippen LogP contribution in [0.1, 0.15) is 18.9 Å². The maximum Gasteiger partial charge on any atom is 0.259 e. The van der Waals surface area contributed by atoms with Crippen molar-refractivity contribution < 1.29 is 13.9 Å². The van der Waals surface area contributed by atoms with Crippen LogP contribution in [0, 0.1) is 5.82 Å². The number of anilines is 1. The third kappa shape index (κ3) is 5.07. The zero-order valence-electron chi connectivity index (χ0n) is 15.6. The van der Waals surface area contributed by atoms with Crippen LogP contribution in [0.15, 0.2) is 65.8 Å². The summed E-state index contributed by atoms with van der Waals surface area (Å²) in [6.45, 7) is 2.67. The van der Waals surface area contributed by atoms with Crippen molar-refractivity contribution >= 4 is 28.6 Å². The number of rotatable bonds is 8. The molecule has 0 aliphatic rings. The van der Waals surface area contributed by atoms with E-state index < -0.39 is 0 Å². The summed E-state index contributed by atoms with van der Waals surface area (Å²) in [5.41, 5.74) is 3.97. The van der Waals surface area contributed by atoms with Gasteiger partial charge in [-0.25, -0.2) is 9.82 Å². The molecule has 0 saturated carbocycles. The number of halogens is 1. The van der Waals surface area contributed by atoms with Crippen LogP contribution in [0.25, 0.3) is 10.8 Å². The standard InChI is InChI=1S/C22H22FN3O2/c1-2-13-28-21-12-7-16-5-3-4-6-19(16)20(21)14-25-26-22(27)15-24-18-10-8-17(23)9-11-18/h3-12,14,24H,2,13,15H2,1H3,(H,26,27)/b25-14-. The number of ether oxygens (including phenoxy) is 1. The Labute approximate surface area is 163 Å². The molecule has 28 heavy (non-hydrogen) atoms. The molecular weight excluding hydrogens is 357 g/mol. The molecule has 5 nitrogen and oxygen atoms in total. The lowest BCUT2D eigenvalue weighted by Gasteiger charge is -2.11. The zero-order chi connectivity index (χ0) is 19.8. The van der Waals surface area contributed by atoms with E-state index >= 15 is 0 Å². The molecule has 144 valence electrons. The third-order valence-electron chi connectivity index (χ3n) is 4.07. The molecule has 1 amide bonds. The number of carbonyl (C=O) groups is 1. The number of nitrogens with one attached hydrogen (secondary N) is 2. The number of benzene rings is 3.